The molecule has 1 rings (SSSR count). The van der Waals surface area contributed by atoms with Crippen LogP contribution in [0, 0.1) is 0 Å². The maximum absolute atomic E-state index is 11.9. The molecule has 6 heteroatoms. The number of aliphatic imine (C=N–C) groups is 1. The molecule has 26 heavy (non-hydrogen) atoms. The van der Waals surface area contributed by atoms with Gasteiger partial charge in [0.2, 0.25) is 5.91 Å². The highest BCUT2D eigenvalue weighted by molar-refractivity contribution is 5.86. The fraction of sp³-hybridized carbons (Fsp3) is 0.600. The minimum Gasteiger partial charge on any atom is -0.497 e. The van der Waals surface area contributed by atoms with Crippen molar-refractivity contribution in [2.24, 2.45) is 4.99 Å². The Morgan fingerprint density at radius 1 is 1.23 bits per heavy atom. The van der Waals surface area contributed by atoms with Crippen LogP contribution < -0.4 is 15.4 Å². The number of carbonyl (C=O) groups excluding carboxylic acids is 1. The van der Waals surface area contributed by atoms with E-state index in [9.17, 15) is 4.79 Å². The standard InChI is InChI=1S/C20H34N4O2/c1-6-7-8-9-16(2)23-20(22-15-19(25)24(3)4)21-14-17-10-12-18(26-5)13-11-17/h10-13,16H,6-9,14-15H2,1-5H3,(H2,21,22,23). The van der Waals surface area contributed by atoms with E-state index < -0.39 is 0 Å². The van der Waals surface area contributed by atoms with Gasteiger partial charge in [-0.1, -0.05) is 38.3 Å². The van der Waals surface area contributed by atoms with Gasteiger partial charge < -0.3 is 20.3 Å². The number of ether oxygens (including phenoxy) is 1. The van der Waals surface area contributed by atoms with E-state index in [-0.39, 0.29) is 12.5 Å². The number of carbonyl (C=O) groups is 1. The predicted octanol–water partition coefficient (Wildman–Crippen LogP) is 2.79. The molecule has 0 spiro atoms. The van der Waals surface area contributed by atoms with Crippen LogP contribution in [0.2, 0.25) is 0 Å². The molecule has 1 amide bonds. The Balaban J connectivity index is 2.68. The fourth-order valence-electron chi connectivity index (χ4n) is 2.38. The van der Waals surface area contributed by atoms with Gasteiger partial charge in [0.15, 0.2) is 5.96 Å². The summed E-state index contributed by atoms with van der Waals surface area (Å²) in [5, 5.41) is 6.54. The van der Waals surface area contributed by atoms with Gasteiger partial charge in [-0.15, -0.1) is 0 Å². The van der Waals surface area contributed by atoms with Gasteiger partial charge in [-0.3, -0.25) is 4.79 Å². The lowest BCUT2D eigenvalue weighted by atomic mass is 10.1. The van der Waals surface area contributed by atoms with Crippen molar-refractivity contribution in [2.45, 2.75) is 52.1 Å². The van der Waals surface area contributed by atoms with Crippen molar-refractivity contribution in [1.29, 1.82) is 0 Å². The van der Waals surface area contributed by atoms with Crippen LogP contribution in [0.25, 0.3) is 0 Å². The van der Waals surface area contributed by atoms with Gasteiger partial charge in [-0.05, 0) is 31.0 Å². The molecule has 0 bridgehead atoms. The lowest BCUT2D eigenvalue weighted by Gasteiger charge is -2.19. The van der Waals surface area contributed by atoms with Crippen LogP contribution in [0.15, 0.2) is 29.3 Å². The van der Waals surface area contributed by atoms with Crippen molar-refractivity contribution in [3.05, 3.63) is 29.8 Å². The van der Waals surface area contributed by atoms with Crippen molar-refractivity contribution >= 4 is 11.9 Å². The molecule has 0 aromatic heterocycles. The average Bonchev–Trinajstić information content (AvgIpc) is 2.64. The Labute approximate surface area is 158 Å². The maximum Gasteiger partial charge on any atom is 0.241 e. The Morgan fingerprint density at radius 2 is 1.92 bits per heavy atom. The highest BCUT2D eigenvalue weighted by Gasteiger charge is 2.09. The topological polar surface area (TPSA) is 66.0 Å². The summed E-state index contributed by atoms with van der Waals surface area (Å²) in [4.78, 5) is 18.1. The molecular weight excluding hydrogens is 328 g/mol. The molecule has 1 aromatic rings. The van der Waals surface area contributed by atoms with Gasteiger partial charge in [-0.2, -0.15) is 0 Å². The van der Waals surface area contributed by atoms with Crippen LogP contribution >= 0.6 is 0 Å². The summed E-state index contributed by atoms with van der Waals surface area (Å²) in [6, 6.07) is 8.14. The summed E-state index contributed by atoms with van der Waals surface area (Å²) in [6.07, 6.45) is 4.71. The SMILES string of the molecule is CCCCCC(C)NC(=NCc1ccc(OC)cc1)NCC(=O)N(C)C. The molecule has 0 radical (unpaired) electrons. The Morgan fingerprint density at radius 3 is 2.50 bits per heavy atom. The van der Waals surface area contributed by atoms with E-state index >= 15 is 0 Å². The van der Waals surface area contributed by atoms with Crippen molar-refractivity contribution in [3.63, 3.8) is 0 Å². The third-order valence-corrected chi connectivity index (χ3v) is 4.11. The van der Waals surface area contributed by atoms with Gasteiger partial charge in [0.1, 0.15) is 5.75 Å². The highest BCUT2D eigenvalue weighted by atomic mass is 16.5. The van der Waals surface area contributed by atoms with Crippen molar-refractivity contribution in [2.75, 3.05) is 27.7 Å². The van der Waals surface area contributed by atoms with E-state index in [4.69, 9.17) is 4.74 Å². The summed E-state index contributed by atoms with van der Waals surface area (Å²) in [6.45, 7) is 5.11. The van der Waals surface area contributed by atoms with Gasteiger partial charge in [0.25, 0.3) is 0 Å². The van der Waals surface area contributed by atoms with E-state index in [2.05, 4.69) is 29.5 Å². The normalized spacial score (nSPS) is 12.4. The lowest BCUT2D eigenvalue weighted by molar-refractivity contribution is -0.127. The monoisotopic (exact) mass is 362 g/mol. The molecule has 1 unspecified atom stereocenters. The van der Waals surface area contributed by atoms with Gasteiger partial charge in [0, 0.05) is 20.1 Å². The molecule has 0 saturated carbocycles. The second kappa shape index (κ2) is 12.2. The van der Waals surface area contributed by atoms with Crippen LogP contribution in [0.1, 0.15) is 45.1 Å². The smallest absolute Gasteiger partial charge is 0.241 e. The molecule has 0 fully saturated rings. The first-order valence-electron chi connectivity index (χ1n) is 9.34. The molecule has 2 N–H and O–H groups in total. The molecule has 0 aliphatic rings. The lowest BCUT2D eigenvalue weighted by Crippen LogP contribution is -2.46. The average molecular weight is 363 g/mol. The minimum atomic E-state index is 0.0163. The number of benzene rings is 1. The van der Waals surface area contributed by atoms with E-state index in [0.29, 0.717) is 18.5 Å². The molecular formula is C20H34N4O2. The zero-order chi connectivity index (χ0) is 19.4. The van der Waals surface area contributed by atoms with E-state index in [0.717, 1.165) is 17.7 Å². The van der Waals surface area contributed by atoms with Crippen molar-refractivity contribution in [1.82, 2.24) is 15.5 Å². The molecule has 1 aromatic carbocycles. The fourth-order valence-corrected chi connectivity index (χ4v) is 2.38. The van der Waals surface area contributed by atoms with Gasteiger partial charge >= 0.3 is 0 Å². The predicted molar refractivity (Wildman–Crippen MR) is 108 cm³/mol. The van der Waals surface area contributed by atoms with E-state index in [1.54, 1.807) is 26.1 Å². The Bertz CT molecular complexity index is 555. The van der Waals surface area contributed by atoms with E-state index in [1.807, 2.05) is 24.3 Å². The summed E-state index contributed by atoms with van der Waals surface area (Å²) >= 11 is 0. The number of hydrogen-bond acceptors (Lipinski definition) is 3. The molecule has 0 aliphatic carbocycles. The minimum absolute atomic E-state index is 0.0163. The number of rotatable bonds is 10. The van der Waals surface area contributed by atoms with Crippen molar-refractivity contribution in [3.8, 4) is 5.75 Å². The van der Waals surface area contributed by atoms with Crippen LogP contribution in [-0.4, -0.2) is 50.6 Å². The molecule has 0 heterocycles. The Hall–Kier alpha value is -2.24. The first-order valence-corrected chi connectivity index (χ1v) is 9.34. The summed E-state index contributed by atoms with van der Waals surface area (Å²) in [5.41, 5.74) is 1.09. The van der Waals surface area contributed by atoms with Crippen LogP contribution in [-0.2, 0) is 11.3 Å². The third-order valence-electron chi connectivity index (χ3n) is 4.11. The second-order valence-corrected chi connectivity index (χ2v) is 6.70. The molecule has 0 saturated heterocycles. The highest BCUT2D eigenvalue weighted by Crippen LogP contribution is 2.12. The van der Waals surface area contributed by atoms with Crippen LogP contribution in [0.5, 0.6) is 5.75 Å². The van der Waals surface area contributed by atoms with Gasteiger partial charge in [-0.25, -0.2) is 4.99 Å². The molecule has 0 aliphatic heterocycles. The first-order chi connectivity index (χ1) is 12.5. The zero-order valence-electron chi connectivity index (χ0n) is 16.8. The van der Waals surface area contributed by atoms with Crippen LogP contribution in [0.3, 0.4) is 0 Å². The second-order valence-electron chi connectivity index (χ2n) is 6.70. The third kappa shape index (κ3) is 8.74. The summed E-state index contributed by atoms with van der Waals surface area (Å²) < 4.78 is 5.18. The molecule has 6 nitrogen and oxygen atoms in total. The van der Waals surface area contributed by atoms with Gasteiger partial charge in [0.05, 0.1) is 20.2 Å². The largest absolute Gasteiger partial charge is 0.497 e. The number of amides is 1. The number of nitrogens with zero attached hydrogens (tertiary/aromatic N) is 2. The number of unbranched alkanes of at least 4 members (excludes halogenated alkanes) is 2. The first kappa shape index (κ1) is 21.8. The van der Waals surface area contributed by atoms with Crippen molar-refractivity contribution < 1.29 is 9.53 Å². The van der Waals surface area contributed by atoms with Crippen LogP contribution in [0.4, 0.5) is 0 Å². The number of nitrogens with one attached hydrogen (secondary N) is 2. The zero-order valence-corrected chi connectivity index (χ0v) is 16.8. The van der Waals surface area contributed by atoms with E-state index in [1.165, 1.54) is 19.3 Å². The number of hydrogen-bond donors (Lipinski definition) is 2. The number of methoxy groups -OCH3 is 1. The molecule has 1 atom stereocenters. The number of likely N-dealkylation sites (N-methyl/N-ethyl adjacent to an activating group) is 1. The number of guanidine groups is 1. The quantitative estimate of drug-likeness (QED) is 0.382. The maximum atomic E-state index is 11.9. The summed E-state index contributed by atoms with van der Waals surface area (Å²) in [7, 11) is 5.15. The summed E-state index contributed by atoms with van der Waals surface area (Å²) in [5.74, 6) is 1.51. The Kier molecular flexibility index (Phi) is 10.2. The molecule has 146 valence electrons.